The van der Waals surface area contributed by atoms with Crippen molar-refractivity contribution in [2.24, 2.45) is 23.7 Å². The zero-order valence-electron chi connectivity index (χ0n) is 15.4. The lowest BCUT2D eigenvalue weighted by molar-refractivity contribution is -0.141. The van der Waals surface area contributed by atoms with Gasteiger partial charge in [0.25, 0.3) is 0 Å². The second-order valence-electron chi connectivity index (χ2n) is 7.67. The number of unbranched alkanes of at least 4 members (excludes halogenated alkanes) is 2. The van der Waals surface area contributed by atoms with Crippen molar-refractivity contribution in [2.75, 3.05) is 19.6 Å². The molecule has 1 saturated heterocycles. The van der Waals surface area contributed by atoms with Crippen LogP contribution in [-0.2, 0) is 14.4 Å². The van der Waals surface area contributed by atoms with Crippen LogP contribution in [0.5, 0.6) is 0 Å². The van der Waals surface area contributed by atoms with Crippen LogP contribution in [0.4, 0.5) is 0 Å². The maximum Gasteiger partial charge on any atom is 0.233 e. The van der Waals surface area contributed by atoms with Gasteiger partial charge in [-0.1, -0.05) is 38.8 Å². The summed E-state index contributed by atoms with van der Waals surface area (Å²) in [5, 5.41) is 0. The van der Waals surface area contributed by atoms with Gasteiger partial charge in [0, 0.05) is 26.1 Å². The molecule has 1 aliphatic heterocycles. The molecule has 3 rings (SSSR count). The van der Waals surface area contributed by atoms with Crippen molar-refractivity contribution in [3.63, 3.8) is 0 Å². The van der Waals surface area contributed by atoms with Gasteiger partial charge in [0.1, 0.15) is 0 Å². The summed E-state index contributed by atoms with van der Waals surface area (Å²) in [5.41, 5.74) is 0. The van der Waals surface area contributed by atoms with Crippen molar-refractivity contribution in [1.29, 1.82) is 0 Å². The van der Waals surface area contributed by atoms with Crippen LogP contribution in [0.15, 0.2) is 12.2 Å². The number of hydrogen-bond acceptors (Lipinski definition) is 3. The number of hydrogen-bond donors (Lipinski definition) is 0. The lowest BCUT2D eigenvalue weighted by atomic mass is 9.85. The Kier molecular flexibility index (Phi) is 5.60. The van der Waals surface area contributed by atoms with Crippen molar-refractivity contribution in [3.8, 4) is 0 Å². The number of imide groups is 1. The number of rotatable bonds is 9. The van der Waals surface area contributed by atoms with E-state index in [9.17, 15) is 14.4 Å². The predicted molar refractivity (Wildman–Crippen MR) is 95.5 cm³/mol. The molecule has 0 aromatic carbocycles. The Labute approximate surface area is 150 Å². The number of nitrogens with zero attached hydrogens (tertiary/aromatic N) is 2. The first kappa shape index (κ1) is 18.2. The standard InChI is InChI=1S/C20H30N2O3/c1-3-5-10-21(11-6-4-2)16(23)9-12-22-19(24)17-14-7-8-15(13-14)18(17)20(22)25/h7-8,14-15,17-18H,3-6,9-13H2,1-2H3/t14-,15+,17-,18+. The molecule has 0 radical (unpaired) electrons. The summed E-state index contributed by atoms with van der Waals surface area (Å²) in [6.07, 6.45) is 9.50. The van der Waals surface area contributed by atoms with Crippen molar-refractivity contribution in [1.82, 2.24) is 9.80 Å². The molecule has 3 amide bonds. The van der Waals surface area contributed by atoms with E-state index in [0.717, 1.165) is 45.2 Å². The van der Waals surface area contributed by atoms with Gasteiger partial charge in [0.15, 0.2) is 0 Å². The van der Waals surface area contributed by atoms with Gasteiger partial charge in [-0.15, -0.1) is 0 Å². The van der Waals surface area contributed by atoms with E-state index in [-0.39, 0.29) is 54.4 Å². The molecule has 2 bridgehead atoms. The molecule has 5 nitrogen and oxygen atoms in total. The molecule has 5 heteroatoms. The summed E-state index contributed by atoms with van der Waals surface area (Å²) >= 11 is 0. The second-order valence-corrected chi connectivity index (χ2v) is 7.67. The van der Waals surface area contributed by atoms with Crippen molar-refractivity contribution < 1.29 is 14.4 Å². The van der Waals surface area contributed by atoms with Crippen molar-refractivity contribution in [2.45, 2.75) is 52.4 Å². The first-order valence-corrected chi connectivity index (χ1v) is 9.89. The number of carbonyl (C=O) groups excluding carboxylic acids is 3. The highest BCUT2D eigenvalue weighted by Gasteiger charge is 2.59. The largest absolute Gasteiger partial charge is 0.343 e. The monoisotopic (exact) mass is 346 g/mol. The van der Waals surface area contributed by atoms with Gasteiger partial charge in [-0.05, 0) is 31.1 Å². The summed E-state index contributed by atoms with van der Waals surface area (Å²) in [5.74, 6) is 0.126. The zero-order chi connectivity index (χ0) is 18.0. The van der Waals surface area contributed by atoms with E-state index < -0.39 is 0 Å². The van der Waals surface area contributed by atoms with Crippen LogP contribution < -0.4 is 0 Å². The number of amides is 3. The average Bonchev–Trinajstić information content (AvgIpc) is 3.28. The zero-order valence-corrected chi connectivity index (χ0v) is 15.4. The molecule has 0 N–H and O–H groups in total. The molecule has 0 spiro atoms. The lowest BCUT2D eigenvalue weighted by Crippen LogP contribution is -2.39. The van der Waals surface area contributed by atoms with E-state index >= 15 is 0 Å². The summed E-state index contributed by atoms with van der Waals surface area (Å²) < 4.78 is 0. The van der Waals surface area contributed by atoms with Gasteiger partial charge in [-0.3, -0.25) is 19.3 Å². The van der Waals surface area contributed by atoms with Gasteiger partial charge in [-0.2, -0.15) is 0 Å². The topological polar surface area (TPSA) is 57.7 Å². The average molecular weight is 346 g/mol. The van der Waals surface area contributed by atoms with Gasteiger partial charge in [-0.25, -0.2) is 0 Å². The maximum absolute atomic E-state index is 12.7. The number of allylic oxidation sites excluding steroid dienone is 2. The summed E-state index contributed by atoms with van der Waals surface area (Å²) in [7, 11) is 0. The van der Waals surface area contributed by atoms with Crippen molar-refractivity contribution in [3.05, 3.63) is 12.2 Å². The van der Waals surface area contributed by atoms with Crippen LogP contribution >= 0.6 is 0 Å². The van der Waals surface area contributed by atoms with E-state index in [2.05, 4.69) is 26.0 Å². The fraction of sp³-hybridized carbons (Fsp3) is 0.750. The molecule has 1 heterocycles. The van der Waals surface area contributed by atoms with E-state index in [4.69, 9.17) is 0 Å². The molecule has 4 atom stereocenters. The molecular weight excluding hydrogens is 316 g/mol. The Balaban J connectivity index is 1.56. The molecule has 3 aliphatic rings. The molecule has 0 unspecified atom stereocenters. The van der Waals surface area contributed by atoms with E-state index in [1.165, 1.54) is 4.90 Å². The van der Waals surface area contributed by atoms with E-state index in [0.29, 0.717) is 0 Å². The fourth-order valence-corrected chi connectivity index (χ4v) is 4.61. The third kappa shape index (κ3) is 3.38. The summed E-state index contributed by atoms with van der Waals surface area (Å²) in [6, 6.07) is 0. The SMILES string of the molecule is CCCCN(CCCC)C(=O)CCN1C(=O)[C@@H]2[C@H](C1=O)[C@@H]1C=C[C@H]2C1. The van der Waals surface area contributed by atoms with E-state index in [1.807, 2.05) is 4.90 Å². The Morgan fingerprint density at radius 3 is 2.04 bits per heavy atom. The van der Waals surface area contributed by atoms with Gasteiger partial charge in [0.2, 0.25) is 17.7 Å². The minimum atomic E-state index is -0.158. The quantitative estimate of drug-likeness (QED) is 0.476. The van der Waals surface area contributed by atoms with E-state index in [1.54, 1.807) is 0 Å². The second kappa shape index (κ2) is 7.71. The number of carbonyl (C=O) groups is 3. The van der Waals surface area contributed by atoms with Crippen molar-refractivity contribution >= 4 is 17.7 Å². The first-order chi connectivity index (χ1) is 12.1. The van der Waals surface area contributed by atoms with Gasteiger partial charge >= 0.3 is 0 Å². The number of likely N-dealkylation sites (tertiary alicyclic amines) is 1. The molecular formula is C20H30N2O3. The maximum atomic E-state index is 12.7. The molecule has 138 valence electrons. The third-order valence-electron chi connectivity index (χ3n) is 6.03. The summed E-state index contributed by atoms with van der Waals surface area (Å²) in [4.78, 5) is 41.2. The Morgan fingerprint density at radius 1 is 1.04 bits per heavy atom. The van der Waals surface area contributed by atoms with Crippen LogP contribution in [0.25, 0.3) is 0 Å². The van der Waals surface area contributed by atoms with Crippen LogP contribution in [0.1, 0.15) is 52.4 Å². The Morgan fingerprint density at radius 2 is 1.56 bits per heavy atom. The van der Waals surface area contributed by atoms with Crippen LogP contribution in [0.2, 0.25) is 0 Å². The van der Waals surface area contributed by atoms with Crippen LogP contribution in [0, 0.1) is 23.7 Å². The third-order valence-corrected chi connectivity index (χ3v) is 6.03. The minimum Gasteiger partial charge on any atom is -0.343 e. The van der Waals surface area contributed by atoms with Crippen LogP contribution in [-0.4, -0.2) is 47.2 Å². The highest BCUT2D eigenvalue weighted by molar-refractivity contribution is 6.06. The smallest absolute Gasteiger partial charge is 0.233 e. The summed E-state index contributed by atoms with van der Waals surface area (Å²) in [6.45, 7) is 6.03. The molecule has 25 heavy (non-hydrogen) atoms. The minimum absolute atomic E-state index is 0.0479. The first-order valence-electron chi connectivity index (χ1n) is 9.89. The predicted octanol–water partition coefficient (Wildman–Crippen LogP) is 2.61. The lowest BCUT2D eigenvalue weighted by Gasteiger charge is -2.24. The van der Waals surface area contributed by atoms with Gasteiger partial charge in [0.05, 0.1) is 11.8 Å². The normalized spacial score (nSPS) is 29.6. The van der Waals surface area contributed by atoms with Gasteiger partial charge < -0.3 is 4.90 Å². The fourth-order valence-electron chi connectivity index (χ4n) is 4.61. The molecule has 0 aromatic heterocycles. The highest BCUT2D eigenvalue weighted by Crippen LogP contribution is 2.52. The highest BCUT2D eigenvalue weighted by atomic mass is 16.2. The van der Waals surface area contributed by atoms with Crippen LogP contribution in [0.3, 0.4) is 0 Å². The molecule has 0 aromatic rings. The number of fused-ring (bicyclic) bond motifs is 5. The molecule has 1 saturated carbocycles. The molecule has 2 aliphatic carbocycles. The molecule has 2 fully saturated rings. The Hall–Kier alpha value is -1.65. The Bertz CT molecular complexity index is 533.